The first-order chi connectivity index (χ1) is 12.0. The molecule has 0 aliphatic heterocycles. The lowest BCUT2D eigenvalue weighted by Crippen LogP contribution is -2.36. The number of aliphatic hydroxyl groups is 2. The first-order valence-corrected chi connectivity index (χ1v) is 10.3. The van der Waals surface area contributed by atoms with E-state index in [2.05, 4.69) is 32.6 Å². The van der Waals surface area contributed by atoms with E-state index in [1.807, 2.05) is 0 Å². The highest BCUT2D eigenvalue weighted by molar-refractivity contribution is 5.36. The Kier molecular flexibility index (Phi) is 5.90. The van der Waals surface area contributed by atoms with E-state index in [0.29, 0.717) is 23.9 Å². The number of allylic oxidation sites excluding steroid dienone is 4. The van der Waals surface area contributed by atoms with E-state index in [0.717, 1.165) is 31.6 Å². The van der Waals surface area contributed by atoms with Gasteiger partial charge in [0.1, 0.15) is 0 Å². The van der Waals surface area contributed by atoms with E-state index in [1.54, 1.807) is 5.57 Å². The molecular formula is C23H36O2. The van der Waals surface area contributed by atoms with Crippen LogP contribution in [0.15, 0.2) is 35.5 Å². The van der Waals surface area contributed by atoms with Crippen LogP contribution in [0.5, 0.6) is 0 Å². The second kappa shape index (κ2) is 7.80. The number of rotatable bonds is 4. The van der Waals surface area contributed by atoms with Gasteiger partial charge in [-0.1, -0.05) is 43.7 Å². The molecule has 0 saturated heterocycles. The molecule has 0 spiro atoms. The van der Waals surface area contributed by atoms with Crippen molar-refractivity contribution in [3.05, 3.63) is 35.5 Å². The van der Waals surface area contributed by atoms with Crippen molar-refractivity contribution >= 4 is 0 Å². The Morgan fingerprint density at radius 2 is 2.04 bits per heavy atom. The normalized spacial score (nSPS) is 40.5. The smallest absolute Gasteiger partial charge is 0.0583 e. The van der Waals surface area contributed by atoms with Gasteiger partial charge in [0.15, 0.2) is 0 Å². The average molecular weight is 345 g/mol. The van der Waals surface area contributed by atoms with Gasteiger partial charge in [-0.15, -0.1) is 0 Å². The van der Waals surface area contributed by atoms with Crippen LogP contribution in [0, 0.1) is 23.2 Å². The second-order valence-electron chi connectivity index (χ2n) is 9.02. The number of fused-ring (bicyclic) bond motifs is 1. The lowest BCUT2D eigenvalue weighted by atomic mass is 9.61. The summed E-state index contributed by atoms with van der Waals surface area (Å²) in [5.41, 5.74) is 4.48. The Labute approximate surface area is 153 Å². The fourth-order valence-corrected chi connectivity index (χ4v) is 6.01. The molecule has 0 radical (unpaired) electrons. The van der Waals surface area contributed by atoms with Gasteiger partial charge in [0.05, 0.1) is 6.10 Å². The van der Waals surface area contributed by atoms with Gasteiger partial charge in [0, 0.05) is 6.61 Å². The Morgan fingerprint density at radius 3 is 2.80 bits per heavy atom. The first-order valence-electron chi connectivity index (χ1n) is 10.3. The molecule has 140 valence electrons. The molecule has 2 N–H and O–H groups in total. The Balaban J connectivity index is 1.78. The predicted octanol–water partition coefficient (Wildman–Crippen LogP) is 5.18. The molecule has 2 nitrogen and oxygen atoms in total. The predicted molar refractivity (Wildman–Crippen MR) is 104 cm³/mol. The molecule has 3 saturated carbocycles. The molecule has 25 heavy (non-hydrogen) atoms. The van der Waals surface area contributed by atoms with E-state index in [1.165, 1.54) is 43.3 Å². The van der Waals surface area contributed by atoms with Gasteiger partial charge >= 0.3 is 0 Å². The monoisotopic (exact) mass is 344 g/mol. The highest BCUT2D eigenvalue weighted by Gasteiger charge is 2.50. The Hall–Kier alpha value is -0.860. The van der Waals surface area contributed by atoms with E-state index >= 15 is 0 Å². The lowest BCUT2D eigenvalue weighted by Gasteiger charge is -2.44. The first kappa shape index (κ1) is 18.9. The van der Waals surface area contributed by atoms with Gasteiger partial charge in [0.25, 0.3) is 0 Å². The molecular weight excluding hydrogens is 308 g/mol. The van der Waals surface area contributed by atoms with Crippen molar-refractivity contribution in [1.82, 2.24) is 0 Å². The van der Waals surface area contributed by atoms with Crippen LogP contribution >= 0.6 is 0 Å². The molecule has 0 aromatic rings. The van der Waals surface area contributed by atoms with E-state index < -0.39 is 0 Å². The molecule has 5 atom stereocenters. The molecule has 0 amide bonds. The third-order valence-electron chi connectivity index (χ3n) is 7.50. The summed E-state index contributed by atoms with van der Waals surface area (Å²) in [5.74, 6) is 2.06. The number of hydrogen-bond acceptors (Lipinski definition) is 2. The van der Waals surface area contributed by atoms with Gasteiger partial charge < -0.3 is 10.2 Å². The van der Waals surface area contributed by atoms with Gasteiger partial charge in [0.2, 0.25) is 0 Å². The van der Waals surface area contributed by atoms with Crippen LogP contribution in [0.4, 0.5) is 0 Å². The molecule has 0 aromatic carbocycles. The zero-order valence-electron chi connectivity index (χ0n) is 16.1. The quantitative estimate of drug-likeness (QED) is 0.738. The van der Waals surface area contributed by atoms with Crippen LogP contribution in [-0.2, 0) is 0 Å². The lowest BCUT2D eigenvalue weighted by molar-refractivity contribution is 0.0857. The molecule has 3 rings (SSSR count). The number of hydrogen-bond donors (Lipinski definition) is 2. The molecule has 3 aliphatic rings. The fraction of sp³-hybridized carbons (Fsp3) is 0.739. The fourth-order valence-electron chi connectivity index (χ4n) is 6.01. The zero-order valence-corrected chi connectivity index (χ0v) is 16.1. The van der Waals surface area contributed by atoms with Crippen LogP contribution < -0.4 is 0 Å². The maximum absolute atomic E-state index is 9.95. The molecule has 0 heterocycles. The van der Waals surface area contributed by atoms with Crippen molar-refractivity contribution in [3.63, 3.8) is 0 Å². The van der Waals surface area contributed by atoms with Crippen LogP contribution in [-0.4, -0.2) is 22.9 Å². The maximum Gasteiger partial charge on any atom is 0.0583 e. The summed E-state index contributed by atoms with van der Waals surface area (Å²) in [6.07, 6.45) is 14.4. The van der Waals surface area contributed by atoms with Gasteiger partial charge in [-0.3, -0.25) is 0 Å². The number of aliphatic hydroxyl groups excluding tert-OH is 2. The third kappa shape index (κ3) is 3.80. The van der Waals surface area contributed by atoms with Crippen molar-refractivity contribution in [2.45, 2.75) is 77.7 Å². The minimum atomic E-state index is -0.193. The van der Waals surface area contributed by atoms with Crippen LogP contribution in [0.3, 0.4) is 0 Å². The summed E-state index contributed by atoms with van der Waals surface area (Å²) in [6.45, 7) is 9.36. The summed E-state index contributed by atoms with van der Waals surface area (Å²) >= 11 is 0. The highest BCUT2D eigenvalue weighted by atomic mass is 16.3. The maximum atomic E-state index is 9.95. The van der Waals surface area contributed by atoms with Gasteiger partial charge in [-0.25, -0.2) is 0 Å². The Bertz CT molecular complexity index is 558. The van der Waals surface area contributed by atoms with Gasteiger partial charge in [-0.05, 0) is 86.5 Å². The molecule has 3 aliphatic carbocycles. The minimum absolute atomic E-state index is 0.193. The summed E-state index contributed by atoms with van der Waals surface area (Å²) in [7, 11) is 0. The molecule has 0 aromatic heterocycles. The van der Waals surface area contributed by atoms with Crippen molar-refractivity contribution in [2.24, 2.45) is 23.2 Å². The van der Waals surface area contributed by atoms with Crippen LogP contribution in [0.25, 0.3) is 0 Å². The van der Waals surface area contributed by atoms with Gasteiger partial charge in [-0.2, -0.15) is 0 Å². The van der Waals surface area contributed by atoms with E-state index in [9.17, 15) is 10.2 Å². The third-order valence-corrected chi connectivity index (χ3v) is 7.50. The molecule has 3 fully saturated rings. The molecule has 2 heteroatoms. The van der Waals surface area contributed by atoms with Crippen molar-refractivity contribution in [2.75, 3.05) is 6.61 Å². The SMILES string of the molecule is C=C1CC[C@H](O)C/C1=C/C=C1\CCC[C@]2(C)[C@@H]([C@H](C)CCO)CC[C@@H]12. The summed E-state index contributed by atoms with van der Waals surface area (Å²) in [6, 6.07) is 0. The zero-order chi connectivity index (χ0) is 18.0. The highest BCUT2D eigenvalue weighted by Crippen LogP contribution is 2.59. The standard InChI is InChI=1S/C23H36O2/c1-16-6-9-20(25)15-19(16)8-7-18-5-4-13-23(3)21(10-11-22(18)23)17(2)12-14-24/h7-8,17,20-22,24-25H,1,4-6,9-15H2,2-3H3/b18-7+,19-8-/t17-,20+,21-,22+,23-/m1/s1. The summed E-state index contributed by atoms with van der Waals surface area (Å²) < 4.78 is 0. The minimum Gasteiger partial charge on any atom is -0.396 e. The largest absolute Gasteiger partial charge is 0.396 e. The molecule has 0 bridgehead atoms. The van der Waals surface area contributed by atoms with E-state index in [-0.39, 0.29) is 6.10 Å². The summed E-state index contributed by atoms with van der Waals surface area (Å²) in [5, 5.41) is 19.3. The van der Waals surface area contributed by atoms with Crippen molar-refractivity contribution in [1.29, 1.82) is 0 Å². The average Bonchev–Trinajstić information content (AvgIpc) is 2.93. The second-order valence-corrected chi connectivity index (χ2v) is 9.02. The summed E-state index contributed by atoms with van der Waals surface area (Å²) in [4.78, 5) is 0. The van der Waals surface area contributed by atoms with Crippen LogP contribution in [0.2, 0.25) is 0 Å². The van der Waals surface area contributed by atoms with Crippen LogP contribution in [0.1, 0.15) is 71.6 Å². The molecule has 0 unspecified atom stereocenters. The van der Waals surface area contributed by atoms with E-state index in [4.69, 9.17) is 0 Å². The van der Waals surface area contributed by atoms with Crippen molar-refractivity contribution in [3.8, 4) is 0 Å². The topological polar surface area (TPSA) is 40.5 Å². The Morgan fingerprint density at radius 1 is 1.24 bits per heavy atom. The van der Waals surface area contributed by atoms with Crippen molar-refractivity contribution < 1.29 is 10.2 Å².